The Hall–Kier alpha value is -2.57. The molecule has 152 valence electrons. The number of fused-ring (bicyclic) bond motifs is 1. The van der Waals surface area contributed by atoms with E-state index in [4.69, 9.17) is 0 Å². The Kier molecular flexibility index (Phi) is 6.21. The Morgan fingerprint density at radius 1 is 1.21 bits per heavy atom. The lowest BCUT2D eigenvalue weighted by molar-refractivity contribution is -0.153. The van der Waals surface area contributed by atoms with Gasteiger partial charge in [-0.1, -0.05) is 38.1 Å². The second-order valence-corrected chi connectivity index (χ2v) is 8.09. The molecule has 2 aliphatic rings. The molecule has 2 heterocycles. The molecule has 2 atom stereocenters. The van der Waals surface area contributed by atoms with Crippen LogP contribution in [0.5, 0.6) is 0 Å². The van der Waals surface area contributed by atoms with Crippen molar-refractivity contribution >= 4 is 17.9 Å². The van der Waals surface area contributed by atoms with Crippen LogP contribution in [0.15, 0.2) is 24.3 Å². The third kappa shape index (κ3) is 4.29. The van der Waals surface area contributed by atoms with Gasteiger partial charge in [0.1, 0.15) is 0 Å². The third-order valence-corrected chi connectivity index (χ3v) is 5.52. The Bertz CT molecular complexity index is 749. The van der Waals surface area contributed by atoms with E-state index in [-0.39, 0.29) is 17.9 Å². The molecule has 2 N–H and O–H groups in total. The standard InChI is InChI=1S/C21H29N3O4/c1-14(2)12-22-21(28)23-10-5-7-16(13-23)19(25)24-11-9-15-6-3-4-8-17(15)18(24)20(26)27/h3-4,6,8,14,16,18H,5,7,9-13H2,1-2H3,(H,22,28)(H,26,27). The molecular weight excluding hydrogens is 358 g/mol. The number of benzene rings is 1. The van der Waals surface area contributed by atoms with Gasteiger partial charge < -0.3 is 20.2 Å². The predicted molar refractivity (Wildman–Crippen MR) is 105 cm³/mol. The van der Waals surface area contributed by atoms with Crippen molar-refractivity contribution < 1.29 is 19.5 Å². The van der Waals surface area contributed by atoms with E-state index in [0.29, 0.717) is 50.5 Å². The van der Waals surface area contributed by atoms with Gasteiger partial charge in [0, 0.05) is 26.2 Å². The first kappa shape index (κ1) is 20.2. The fourth-order valence-corrected chi connectivity index (χ4v) is 4.07. The van der Waals surface area contributed by atoms with Crippen LogP contribution < -0.4 is 5.32 Å². The van der Waals surface area contributed by atoms with Crippen molar-refractivity contribution in [2.45, 2.75) is 39.2 Å². The number of carboxylic acid groups (broad SMARTS) is 1. The van der Waals surface area contributed by atoms with E-state index in [1.165, 1.54) is 4.90 Å². The lowest BCUT2D eigenvalue weighted by Gasteiger charge is -2.39. The molecule has 0 aliphatic carbocycles. The first-order valence-corrected chi connectivity index (χ1v) is 10.0. The number of nitrogens with zero attached hydrogens (tertiary/aromatic N) is 2. The van der Waals surface area contributed by atoms with Gasteiger partial charge in [0.2, 0.25) is 5.91 Å². The summed E-state index contributed by atoms with van der Waals surface area (Å²) in [4.78, 5) is 40.7. The van der Waals surface area contributed by atoms with Crippen molar-refractivity contribution in [3.05, 3.63) is 35.4 Å². The SMILES string of the molecule is CC(C)CNC(=O)N1CCCC(C(=O)N2CCc3ccccc3C2C(=O)O)C1. The summed E-state index contributed by atoms with van der Waals surface area (Å²) in [5.41, 5.74) is 1.68. The molecule has 0 bridgehead atoms. The van der Waals surface area contributed by atoms with Crippen LogP contribution in [0.1, 0.15) is 43.9 Å². The highest BCUT2D eigenvalue weighted by Crippen LogP contribution is 2.32. The van der Waals surface area contributed by atoms with Crippen LogP contribution in [0.25, 0.3) is 0 Å². The van der Waals surface area contributed by atoms with Gasteiger partial charge in [-0.2, -0.15) is 0 Å². The fraction of sp³-hybridized carbons (Fsp3) is 0.571. The van der Waals surface area contributed by atoms with Gasteiger partial charge in [-0.3, -0.25) is 4.79 Å². The van der Waals surface area contributed by atoms with E-state index in [1.807, 2.05) is 32.0 Å². The maximum absolute atomic E-state index is 13.2. The number of urea groups is 1. The number of nitrogens with one attached hydrogen (secondary N) is 1. The molecule has 1 aromatic carbocycles. The molecule has 3 rings (SSSR count). The first-order valence-electron chi connectivity index (χ1n) is 10.0. The molecule has 1 fully saturated rings. The van der Waals surface area contributed by atoms with Crippen LogP contribution in [0.4, 0.5) is 4.79 Å². The highest BCUT2D eigenvalue weighted by Gasteiger charge is 2.39. The third-order valence-electron chi connectivity index (χ3n) is 5.52. The van der Waals surface area contributed by atoms with Gasteiger partial charge >= 0.3 is 12.0 Å². The maximum Gasteiger partial charge on any atom is 0.331 e. The van der Waals surface area contributed by atoms with Crippen molar-refractivity contribution in [1.29, 1.82) is 0 Å². The van der Waals surface area contributed by atoms with Crippen LogP contribution in [-0.4, -0.2) is 59.0 Å². The van der Waals surface area contributed by atoms with Crippen molar-refractivity contribution in [2.75, 3.05) is 26.2 Å². The summed E-state index contributed by atoms with van der Waals surface area (Å²) in [6.45, 7) is 6.01. The van der Waals surface area contributed by atoms with Gasteiger partial charge in [-0.15, -0.1) is 0 Å². The van der Waals surface area contributed by atoms with Crippen LogP contribution in [0, 0.1) is 11.8 Å². The molecule has 1 aromatic rings. The summed E-state index contributed by atoms with van der Waals surface area (Å²) in [5, 5.41) is 12.7. The molecular formula is C21H29N3O4. The zero-order valence-corrected chi connectivity index (χ0v) is 16.6. The minimum Gasteiger partial charge on any atom is -0.479 e. The van der Waals surface area contributed by atoms with E-state index in [0.717, 1.165) is 12.0 Å². The minimum atomic E-state index is -1.01. The van der Waals surface area contributed by atoms with Crippen molar-refractivity contribution in [3.63, 3.8) is 0 Å². The van der Waals surface area contributed by atoms with E-state index in [1.54, 1.807) is 11.0 Å². The van der Waals surface area contributed by atoms with E-state index < -0.39 is 12.0 Å². The molecule has 0 saturated carbocycles. The van der Waals surface area contributed by atoms with Crippen molar-refractivity contribution in [3.8, 4) is 0 Å². The smallest absolute Gasteiger partial charge is 0.331 e. The molecule has 3 amide bonds. The summed E-state index contributed by atoms with van der Waals surface area (Å²) < 4.78 is 0. The number of rotatable bonds is 4. The molecule has 2 aliphatic heterocycles. The summed E-state index contributed by atoms with van der Waals surface area (Å²) >= 11 is 0. The Labute approximate surface area is 165 Å². The van der Waals surface area contributed by atoms with Gasteiger partial charge in [-0.25, -0.2) is 9.59 Å². The number of carbonyl (C=O) groups excluding carboxylic acids is 2. The predicted octanol–water partition coefficient (Wildman–Crippen LogP) is 2.27. The zero-order chi connectivity index (χ0) is 20.3. The first-order chi connectivity index (χ1) is 13.4. The maximum atomic E-state index is 13.2. The molecule has 0 radical (unpaired) electrons. The van der Waals surface area contributed by atoms with Gasteiger partial charge in [0.15, 0.2) is 6.04 Å². The average molecular weight is 387 g/mol. The van der Waals surface area contributed by atoms with Crippen LogP contribution >= 0.6 is 0 Å². The number of aliphatic carboxylic acids is 1. The molecule has 7 nitrogen and oxygen atoms in total. The summed E-state index contributed by atoms with van der Waals surface area (Å²) in [6.07, 6.45) is 2.07. The lowest BCUT2D eigenvalue weighted by atomic mass is 9.89. The van der Waals surface area contributed by atoms with Gasteiger partial charge in [-0.05, 0) is 36.3 Å². The minimum absolute atomic E-state index is 0.148. The molecule has 28 heavy (non-hydrogen) atoms. The molecule has 1 saturated heterocycles. The fourth-order valence-electron chi connectivity index (χ4n) is 4.07. The van der Waals surface area contributed by atoms with Crippen molar-refractivity contribution in [1.82, 2.24) is 15.1 Å². The van der Waals surface area contributed by atoms with Crippen LogP contribution in [0.2, 0.25) is 0 Å². The van der Waals surface area contributed by atoms with Crippen molar-refractivity contribution in [2.24, 2.45) is 11.8 Å². The summed E-state index contributed by atoms with van der Waals surface area (Å²) in [7, 11) is 0. The quantitative estimate of drug-likeness (QED) is 0.829. The lowest BCUT2D eigenvalue weighted by Crippen LogP contribution is -2.52. The summed E-state index contributed by atoms with van der Waals surface area (Å²) in [6, 6.07) is 6.32. The molecule has 7 heteroatoms. The van der Waals surface area contributed by atoms with Crippen LogP contribution in [0.3, 0.4) is 0 Å². The topological polar surface area (TPSA) is 90.0 Å². The van der Waals surface area contributed by atoms with E-state index in [2.05, 4.69) is 5.32 Å². The molecule has 0 aromatic heterocycles. The molecule has 0 spiro atoms. The number of amides is 3. The number of carboxylic acids is 1. The second kappa shape index (κ2) is 8.63. The number of hydrogen-bond donors (Lipinski definition) is 2. The number of carbonyl (C=O) groups is 3. The van der Waals surface area contributed by atoms with Gasteiger partial charge in [0.25, 0.3) is 0 Å². The number of piperidine rings is 1. The average Bonchev–Trinajstić information content (AvgIpc) is 2.70. The van der Waals surface area contributed by atoms with Gasteiger partial charge in [0.05, 0.1) is 5.92 Å². The normalized spacial score (nSPS) is 22.0. The largest absolute Gasteiger partial charge is 0.479 e. The Balaban J connectivity index is 1.72. The van der Waals surface area contributed by atoms with E-state index >= 15 is 0 Å². The zero-order valence-electron chi connectivity index (χ0n) is 16.6. The highest BCUT2D eigenvalue weighted by molar-refractivity contribution is 5.87. The Morgan fingerprint density at radius 2 is 1.96 bits per heavy atom. The molecule has 2 unspecified atom stereocenters. The van der Waals surface area contributed by atoms with E-state index in [9.17, 15) is 19.5 Å². The number of likely N-dealkylation sites (tertiary alicyclic amines) is 1. The monoisotopic (exact) mass is 387 g/mol. The van der Waals surface area contributed by atoms with Crippen LogP contribution in [-0.2, 0) is 16.0 Å². The Morgan fingerprint density at radius 3 is 2.68 bits per heavy atom. The highest BCUT2D eigenvalue weighted by atomic mass is 16.4. The second-order valence-electron chi connectivity index (χ2n) is 8.09. The summed E-state index contributed by atoms with van der Waals surface area (Å²) in [5.74, 6) is -1.17. The number of hydrogen-bond acceptors (Lipinski definition) is 3.